The van der Waals surface area contributed by atoms with Gasteiger partial charge in [0.15, 0.2) is 0 Å². The molecule has 0 radical (unpaired) electrons. The number of carbonyl (C=O) groups is 1. The van der Waals surface area contributed by atoms with Crippen molar-refractivity contribution in [3.63, 3.8) is 0 Å². The summed E-state index contributed by atoms with van der Waals surface area (Å²) in [5.74, 6) is -0.748. The number of hydrogen-bond acceptors (Lipinski definition) is 13. The lowest BCUT2D eigenvalue weighted by Gasteiger charge is -2.58. The van der Waals surface area contributed by atoms with Gasteiger partial charge in [-0.25, -0.2) is 0 Å². The van der Waals surface area contributed by atoms with Crippen LogP contribution in [0.4, 0.5) is 0 Å². The van der Waals surface area contributed by atoms with Crippen LogP contribution in [0.25, 0.3) is 0 Å². The third kappa shape index (κ3) is 11.8. The first-order valence-electron chi connectivity index (χ1n) is 23.8. The van der Waals surface area contributed by atoms with E-state index < -0.39 is 48.0 Å². The number of aliphatic carboxylic acids is 1. The van der Waals surface area contributed by atoms with Crippen LogP contribution in [-0.2, 0) is 23.7 Å². The molecule has 6 rings (SSSR count). The molecule has 3 saturated heterocycles. The van der Waals surface area contributed by atoms with Crippen molar-refractivity contribution in [3.05, 3.63) is 0 Å². The minimum Gasteiger partial charge on any atom is -0.550 e. The molecule has 17 unspecified atom stereocenters. The summed E-state index contributed by atoms with van der Waals surface area (Å²) in [6, 6.07) is 0.158. The van der Waals surface area contributed by atoms with Gasteiger partial charge in [0.1, 0.15) is 18.3 Å². The zero-order valence-corrected chi connectivity index (χ0v) is 36.9. The summed E-state index contributed by atoms with van der Waals surface area (Å²) in [5.41, 5.74) is 5.80. The van der Waals surface area contributed by atoms with E-state index in [1.165, 1.54) is 0 Å². The molecule has 0 bridgehead atoms. The highest BCUT2D eigenvalue weighted by molar-refractivity contribution is 5.65. The van der Waals surface area contributed by atoms with Gasteiger partial charge in [0, 0.05) is 50.4 Å². The van der Waals surface area contributed by atoms with Crippen LogP contribution in [0.3, 0.4) is 0 Å². The molecule has 3 saturated carbocycles. The van der Waals surface area contributed by atoms with E-state index in [1.54, 1.807) is 14.0 Å². The molecule has 1 spiro atoms. The number of hydrogen-bond donors (Lipinski definition) is 9. The summed E-state index contributed by atoms with van der Waals surface area (Å²) in [4.78, 5) is 12.8. The molecule has 0 aromatic carbocycles. The van der Waals surface area contributed by atoms with Crippen molar-refractivity contribution in [3.8, 4) is 0 Å². The van der Waals surface area contributed by atoms with Crippen molar-refractivity contribution >= 4 is 5.97 Å². The summed E-state index contributed by atoms with van der Waals surface area (Å²) in [6.07, 6.45) is 9.09. The standard InChI is InChI=1S/C45H82N4O11/c1-27-21-44(12-4-5-13-44)45(23-41(54)55,22-30-10-14-48-40(46)17-30)39(49-27)25-58-38-19-31(18-37(57-3)42(38)56)43-33(11-15-50)35(53)20-32(60-43)8-6-29-7-9-34(52)36(16-29)59-26-47-24-28(2)51/h27-40,42-43,47-53,56H,4-26,46H2,1-3H3,(H,54,55)/p+1. The van der Waals surface area contributed by atoms with E-state index in [9.17, 15) is 35.4 Å². The number of aliphatic hydroxyl groups is 5. The molecule has 6 fully saturated rings. The van der Waals surface area contributed by atoms with Crippen molar-refractivity contribution in [2.45, 2.75) is 203 Å². The van der Waals surface area contributed by atoms with Gasteiger partial charge in [-0.05, 0) is 127 Å². The number of ether oxygens (including phenoxy) is 4. The van der Waals surface area contributed by atoms with Crippen LogP contribution in [0, 0.1) is 34.5 Å². The molecule has 3 aliphatic carbocycles. The predicted molar refractivity (Wildman–Crippen MR) is 221 cm³/mol. The van der Waals surface area contributed by atoms with Gasteiger partial charge in [0.25, 0.3) is 0 Å². The Balaban J connectivity index is 1.15. The Labute approximate surface area is 358 Å². The molecule has 0 amide bonds. The van der Waals surface area contributed by atoms with Gasteiger partial charge in [-0.1, -0.05) is 12.8 Å². The number of rotatable bonds is 19. The second-order valence-corrected chi connectivity index (χ2v) is 20.5. The maximum atomic E-state index is 12.8. The Morgan fingerprint density at radius 3 is 2.43 bits per heavy atom. The molecule has 0 aromatic rings. The normalized spacial score (nSPS) is 42.9. The van der Waals surface area contributed by atoms with Crippen molar-refractivity contribution in [1.29, 1.82) is 0 Å². The zero-order valence-electron chi connectivity index (χ0n) is 36.9. The van der Waals surface area contributed by atoms with Gasteiger partial charge in [-0.15, -0.1) is 0 Å². The van der Waals surface area contributed by atoms with E-state index in [-0.39, 0.29) is 67.5 Å². The second-order valence-electron chi connectivity index (χ2n) is 20.5. The number of nitrogens with two attached hydrogens (primary N) is 3. The van der Waals surface area contributed by atoms with Crippen LogP contribution in [0.2, 0.25) is 0 Å². The molecule has 3 aliphatic heterocycles. The molecule has 17 atom stereocenters. The summed E-state index contributed by atoms with van der Waals surface area (Å²) in [5, 5.41) is 74.2. The Bertz CT molecular complexity index is 1310. The van der Waals surface area contributed by atoms with Crippen LogP contribution in [0.1, 0.15) is 129 Å². The van der Waals surface area contributed by atoms with Crippen LogP contribution in [0.15, 0.2) is 0 Å². The maximum Gasteiger partial charge on any atom is 0.137 e. The molecule has 15 nitrogen and oxygen atoms in total. The predicted octanol–water partition coefficient (Wildman–Crippen LogP) is -1.01. The van der Waals surface area contributed by atoms with Crippen LogP contribution in [0.5, 0.6) is 0 Å². The number of carbonyl (C=O) groups excluding carboxylic acids is 1. The van der Waals surface area contributed by atoms with Gasteiger partial charge in [-0.3, -0.25) is 11.1 Å². The van der Waals surface area contributed by atoms with E-state index in [0.717, 1.165) is 83.6 Å². The average molecular weight is 856 g/mol. The van der Waals surface area contributed by atoms with Crippen molar-refractivity contribution in [1.82, 2.24) is 5.32 Å². The number of quaternary nitrogens is 2. The molecule has 6 aliphatic rings. The van der Waals surface area contributed by atoms with Gasteiger partial charge >= 0.3 is 0 Å². The number of methoxy groups -OCH3 is 1. The van der Waals surface area contributed by atoms with E-state index >= 15 is 0 Å². The van der Waals surface area contributed by atoms with Crippen LogP contribution < -0.4 is 26.8 Å². The first-order chi connectivity index (χ1) is 28.8. The van der Waals surface area contributed by atoms with E-state index in [2.05, 4.69) is 22.9 Å². The topological polar surface area (TPSA) is 249 Å². The third-order valence-electron chi connectivity index (χ3n) is 16.3. The SMILES string of the molecule is COC1CC(C2OC(CCC3CCC(O)C(OCNCC(C)O)C3)CC(O)C2CCO)CC(OCC2[NH2+]C(C)CC3(CCCC3)C2(CC(=O)[O-])CC2CC[NH2+]C(N)C2)C1O. The fourth-order valence-corrected chi connectivity index (χ4v) is 13.5. The van der Waals surface area contributed by atoms with E-state index in [1.807, 2.05) is 0 Å². The Kier molecular flexibility index (Phi) is 17.9. The Morgan fingerprint density at radius 2 is 1.73 bits per heavy atom. The summed E-state index contributed by atoms with van der Waals surface area (Å²) >= 11 is 0. The minimum absolute atomic E-state index is 0.00936. The molecule has 3 heterocycles. The largest absolute Gasteiger partial charge is 0.550 e. The summed E-state index contributed by atoms with van der Waals surface area (Å²) in [7, 11) is 1.61. The Morgan fingerprint density at radius 1 is 0.967 bits per heavy atom. The number of carboxylic acids is 1. The first-order valence-corrected chi connectivity index (χ1v) is 23.8. The number of nitrogens with one attached hydrogen (secondary N) is 1. The second kappa shape index (κ2) is 22.2. The lowest BCUT2D eigenvalue weighted by Crippen LogP contribution is -3.02. The fourth-order valence-electron chi connectivity index (χ4n) is 13.5. The van der Waals surface area contributed by atoms with Crippen LogP contribution in [-0.4, -0.2) is 145 Å². The molecule has 15 heteroatoms. The maximum absolute atomic E-state index is 12.8. The van der Waals surface area contributed by atoms with Gasteiger partial charge < -0.3 is 65.0 Å². The number of piperidine rings is 2. The highest BCUT2D eigenvalue weighted by atomic mass is 16.5. The number of carboxylic acid groups (broad SMARTS) is 1. The van der Waals surface area contributed by atoms with Crippen molar-refractivity contribution in [2.24, 2.45) is 40.2 Å². The summed E-state index contributed by atoms with van der Waals surface area (Å²) < 4.78 is 25.8. The number of aliphatic hydroxyl groups excluding tert-OH is 5. The molecule has 12 N–H and O–H groups in total. The lowest BCUT2D eigenvalue weighted by molar-refractivity contribution is -0.752. The van der Waals surface area contributed by atoms with Crippen molar-refractivity contribution in [2.75, 3.05) is 40.1 Å². The molecule has 348 valence electrons. The highest BCUT2D eigenvalue weighted by Gasteiger charge is 2.62. The van der Waals surface area contributed by atoms with Gasteiger partial charge in [0.05, 0.1) is 74.8 Å². The zero-order chi connectivity index (χ0) is 43.0. The Hall–Kier alpha value is -1.05. The highest BCUT2D eigenvalue weighted by Crippen LogP contribution is 2.61. The smallest absolute Gasteiger partial charge is 0.137 e. The monoisotopic (exact) mass is 856 g/mol. The summed E-state index contributed by atoms with van der Waals surface area (Å²) in [6.45, 7) is 5.81. The fraction of sp³-hybridized carbons (Fsp3) is 0.978. The molecular weight excluding hydrogens is 773 g/mol. The van der Waals surface area contributed by atoms with E-state index in [4.69, 9.17) is 24.7 Å². The van der Waals surface area contributed by atoms with Crippen LogP contribution >= 0.6 is 0 Å². The molecule has 0 aromatic heterocycles. The lowest BCUT2D eigenvalue weighted by atomic mass is 9.50. The molecular formula is C45H83N4O11+. The minimum atomic E-state index is -1.01. The third-order valence-corrected chi connectivity index (χ3v) is 16.3. The first kappa shape index (κ1) is 48.4. The molecule has 60 heavy (non-hydrogen) atoms. The van der Waals surface area contributed by atoms with Crippen molar-refractivity contribution < 1.29 is 65.0 Å². The van der Waals surface area contributed by atoms with E-state index in [0.29, 0.717) is 63.1 Å². The van der Waals surface area contributed by atoms with Gasteiger partial charge in [-0.2, -0.15) is 0 Å². The average Bonchev–Trinajstić information content (AvgIpc) is 3.67. The quantitative estimate of drug-likeness (QED) is 0.0559. The van der Waals surface area contributed by atoms with Gasteiger partial charge in [0.2, 0.25) is 0 Å².